The molecule has 0 bridgehead atoms. The molecule has 7 nitrogen and oxygen atoms in total. The maximum Gasteiger partial charge on any atom is 0.233 e. The average molecular weight is 419 g/mol. The van der Waals surface area contributed by atoms with Gasteiger partial charge in [0.15, 0.2) is 15.7 Å². The first kappa shape index (κ1) is 20.1. The van der Waals surface area contributed by atoms with Crippen molar-refractivity contribution in [3.63, 3.8) is 0 Å². The largest absolute Gasteiger partial charge is 0.381 e. The van der Waals surface area contributed by atoms with Gasteiger partial charge in [0.05, 0.1) is 16.1 Å². The number of benzene rings is 1. The summed E-state index contributed by atoms with van der Waals surface area (Å²) in [6, 6.07) is 8.52. The van der Waals surface area contributed by atoms with E-state index < -0.39 is 15.8 Å². The molecule has 1 amide bonds. The Kier molecular flexibility index (Phi) is 6.01. The zero-order chi connectivity index (χ0) is 20.3. The molecule has 2 aromatic rings. The first-order chi connectivity index (χ1) is 14.1. The van der Waals surface area contributed by atoms with Crippen LogP contribution in [0.25, 0.3) is 0 Å². The summed E-state index contributed by atoms with van der Waals surface area (Å²) in [5.74, 6) is -0.218. The monoisotopic (exact) mass is 418 g/mol. The third-order valence-electron chi connectivity index (χ3n) is 6.01. The number of ether oxygens (including phenoxy) is 1. The van der Waals surface area contributed by atoms with Crippen molar-refractivity contribution in [1.82, 2.24) is 5.16 Å². The van der Waals surface area contributed by atoms with Crippen LogP contribution in [0.2, 0.25) is 0 Å². The first-order valence-electron chi connectivity index (χ1n) is 10.2. The molecule has 1 aromatic carbocycles. The quantitative estimate of drug-likeness (QED) is 0.738. The number of amides is 1. The van der Waals surface area contributed by atoms with Crippen LogP contribution in [-0.4, -0.2) is 37.9 Å². The van der Waals surface area contributed by atoms with E-state index in [2.05, 4.69) is 10.5 Å². The molecule has 8 heteroatoms. The lowest BCUT2D eigenvalue weighted by atomic mass is 9.84. The van der Waals surface area contributed by atoms with Gasteiger partial charge in [-0.05, 0) is 49.7 Å². The van der Waals surface area contributed by atoms with Crippen molar-refractivity contribution in [2.45, 2.75) is 54.6 Å². The lowest BCUT2D eigenvalue weighted by Crippen LogP contribution is -2.31. The summed E-state index contributed by atoms with van der Waals surface area (Å²) in [6.45, 7) is 1.34. The predicted molar refractivity (Wildman–Crippen MR) is 107 cm³/mol. The van der Waals surface area contributed by atoms with Gasteiger partial charge in [-0.1, -0.05) is 29.8 Å². The van der Waals surface area contributed by atoms with E-state index in [1.807, 2.05) is 0 Å². The number of nitrogens with one attached hydrogen (secondary N) is 1. The molecule has 1 saturated heterocycles. The fraction of sp³-hybridized carbons (Fsp3) is 0.524. The topological polar surface area (TPSA) is 98.5 Å². The minimum Gasteiger partial charge on any atom is -0.381 e. The van der Waals surface area contributed by atoms with Crippen LogP contribution < -0.4 is 5.32 Å². The number of sulfone groups is 1. The molecule has 1 aliphatic heterocycles. The van der Waals surface area contributed by atoms with Crippen molar-refractivity contribution in [1.29, 1.82) is 0 Å². The van der Waals surface area contributed by atoms with Crippen LogP contribution in [0.15, 0.2) is 46.0 Å². The van der Waals surface area contributed by atoms with E-state index in [0.29, 0.717) is 49.8 Å². The van der Waals surface area contributed by atoms with Crippen LogP contribution >= 0.6 is 0 Å². The van der Waals surface area contributed by atoms with E-state index in [1.54, 1.807) is 30.3 Å². The van der Waals surface area contributed by atoms with E-state index in [1.165, 1.54) is 6.26 Å². The molecule has 2 aliphatic rings. The van der Waals surface area contributed by atoms with Crippen LogP contribution in [0.3, 0.4) is 0 Å². The second-order valence-corrected chi connectivity index (χ2v) is 10.1. The highest BCUT2D eigenvalue weighted by atomic mass is 32.2. The van der Waals surface area contributed by atoms with Gasteiger partial charge in [0.2, 0.25) is 5.91 Å². The molecule has 29 heavy (non-hydrogen) atoms. The molecule has 1 N–H and O–H groups in total. The summed E-state index contributed by atoms with van der Waals surface area (Å²) < 4.78 is 36.6. The highest BCUT2D eigenvalue weighted by molar-refractivity contribution is 7.92. The zero-order valence-electron chi connectivity index (χ0n) is 16.2. The van der Waals surface area contributed by atoms with Crippen molar-refractivity contribution in [2.75, 3.05) is 18.5 Å². The van der Waals surface area contributed by atoms with Gasteiger partial charge >= 0.3 is 0 Å². The fourth-order valence-electron chi connectivity index (χ4n) is 4.07. The molecular weight excluding hydrogens is 392 g/mol. The highest BCUT2D eigenvalue weighted by Crippen LogP contribution is 2.38. The standard InChI is InChI=1S/C21H26N2O5S/c24-21(22-20-10-13-28-23-20)18(14-15-8-11-27-12-9-15)17-6-1-2-7-19(17)29(25,26)16-4-3-5-16/h1-2,6-7,10,13,15-16,18H,3-5,8-9,11-12,14H2,(H,22,23,24)/t18-/m1/s1. The molecule has 2 fully saturated rings. The number of nitrogens with zero attached hydrogens (tertiary/aromatic N) is 1. The predicted octanol–water partition coefficient (Wildman–Crippen LogP) is 3.54. The van der Waals surface area contributed by atoms with Crippen molar-refractivity contribution in [3.8, 4) is 0 Å². The summed E-state index contributed by atoms with van der Waals surface area (Å²) in [5, 5.41) is 6.19. The first-order valence-corrected chi connectivity index (χ1v) is 11.7. The minimum absolute atomic E-state index is 0.262. The maximum atomic E-state index is 13.2. The fourth-order valence-corrected chi connectivity index (χ4v) is 6.19. The lowest BCUT2D eigenvalue weighted by Gasteiger charge is -2.29. The number of carbonyl (C=O) groups is 1. The van der Waals surface area contributed by atoms with Gasteiger partial charge in [-0.3, -0.25) is 4.79 Å². The molecule has 4 rings (SSSR count). The Balaban J connectivity index is 1.67. The zero-order valence-corrected chi connectivity index (χ0v) is 17.1. The molecule has 1 atom stereocenters. The van der Waals surface area contributed by atoms with Gasteiger partial charge < -0.3 is 14.6 Å². The van der Waals surface area contributed by atoms with Crippen LogP contribution in [0, 0.1) is 5.92 Å². The van der Waals surface area contributed by atoms with E-state index >= 15 is 0 Å². The van der Waals surface area contributed by atoms with E-state index in [4.69, 9.17) is 9.26 Å². The molecule has 0 radical (unpaired) electrons. The number of aromatic nitrogens is 1. The number of hydrogen-bond donors (Lipinski definition) is 1. The van der Waals surface area contributed by atoms with Gasteiger partial charge in [-0.2, -0.15) is 0 Å². The van der Waals surface area contributed by atoms with Gasteiger partial charge in [-0.25, -0.2) is 8.42 Å². The van der Waals surface area contributed by atoms with Crippen molar-refractivity contribution in [2.24, 2.45) is 5.92 Å². The number of carbonyl (C=O) groups excluding carboxylic acids is 1. The SMILES string of the molecule is O=C(Nc1ccon1)[C@H](CC1CCOCC1)c1ccccc1S(=O)(=O)C1CCC1. The van der Waals surface area contributed by atoms with Gasteiger partial charge in [0.1, 0.15) is 6.26 Å². The van der Waals surface area contributed by atoms with E-state index in [-0.39, 0.29) is 16.1 Å². The van der Waals surface area contributed by atoms with Gasteiger partial charge in [0, 0.05) is 19.3 Å². The third-order valence-corrected chi connectivity index (χ3v) is 8.34. The highest BCUT2D eigenvalue weighted by Gasteiger charge is 2.37. The van der Waals surface area contributed by atoms with Crippen molar-refractivity contribution < 1.29 is 22.5 Å². The van der Waals surface area contributed by atoms with Crippen LogP contribution in [0.5, 0.6) is 0 Å². The minimum atomic E-state index is -3.45. The van der Waals surface area contributed by atoms with Gasteiger partial charge in [0.25, 0.3) is 0 Å². The van der Waals surface area contributed by atoms with Crippen molar-refractivity contribution in [3.05, 3.63) is 42.2 Å². The Morgan fingerprint density at radius 1 is 1.14 bits per heavy atom. The van der Waals surface area contributed by atoms with Crippen molar-refractivity contribution >= 4 is 21.6 Å². The Labute approximate surface area is 170 Å². The molecule has 1 aromatic heterocycles. The van der Waals surface area contributed by atoms with E-state index in [9.17, 15) is 13.2 Å². The molecule has 1 saturated carbocycles. The van der Waals surface area contributed by atoms with Crippen LogP contribution in [0.4, 0.5) is 5.82 Å². The molecular formula is C21H26N2O5S. The van der Waals surface area contributed by atoms with Gasteiger partial charge in [-0.15, -0.1) is 0 Å². The Hall–Kier alpha value is -2.19. The molecule has 0 spiro atoms. The summed E-state index contributed by atoms with van der Waals surface area (Å²) in [7, 11) is -3.45. The normalized spacial score (nSPS) is 19.4. The summed E-state index contributed by atoms with van der Waals surface area (Å²) in [6.07, 6.45) is 6.00. The number of rotatable bonds is 7. The summed E-state index contributed by atoms with van der Waals surface area (Å²) in [5.41, 5.74) is 0.576. The lowest BCUT2D eigenvalue weighted by molar-refractivity contribution is -0.118. The Bertz CT molecular complexity index is 932. The maximum absolute atomic E-state index is 13.2. The molecule has 1 aliphatic carbocycles. The van der Waals surface area contributed by atoms with Crippen LogP contribution in [-0.2, 0) is 19.4 Å². The number of hydrogen-bond acceptors (Lipinski definition) is 6. The number of anilines is 1. The smallest absolute Gasteiger partial charge is 0.233 e. The summed E-state index contributed by atoms with van der Waals surface area (Å²) in [4.78, 5) is 13.5. The summed E-state index contributed by atoms with van der Waals surface area (Å²) >= 11 is 0. The van der Waals surface area contributed by atoms with E-state index in [0.717, 1.165) is 19.3 Å². The van der Waals surface area contributed by atoms with Crippen LogP contribution in [0.1, 0.15) is 50.0 Å². The Morgan fingerprint density at radius 2 is 1.90 bits per heavy atom. The second-order valence-electron chi connectivity index (χ2n) is 7.85. The second kappa shape index (κ2) is 8.67. The third kappa shape index (κ3) is 4.38. The molecule has 0 unspecified atom stereocenters. The molecule has 156 valence electrons. The Morgan fingerprint density at radius 3 is 2.55 bits per heavy atom. The average Bonchev–Trinajstić information content (AvgIpc) is 3.18. The molecule has 2 heterocycles.